The quantitative estimate of drug-likeness (QED) is 0.135. The Balaban J connectivity index is 6.86. The number of aliphatic hydroxyl groups is 5. The number of aliphatic hydroxyl groups excluding tert-OH is 2. The molecule has 0 spiro atoms. The van der Waals surface area contributed by atoms with Gasteiger partial charge in [-0.25, -0.2) is 0 Å². The normalized spacial score (nSPS) is 21.0. The third kappa shape index (κ3) is 3.35. The fourth-order valence-electron chi connectivity index (χ4n) is 2.30. The zero-order chi connectivity index (χ0) is 20.4. The van der Waals surface area contributed by atoms with Crippen LogP contribution < -0.4 is 0 Å². The van der Waals surface area contributed by atoms with Gasteiger partial charge in [0.15, 0.2) is 23.6 Å². The molecule has 0 saturated heterocycles. The largest absolute Gasteiger partial charge is 0.389 e. The highest BCUT2D eigenvalue weighted by atomic mass is 79.9. The lowest BCUT2D eigenvalue weighted by Crippen LogP contribution is -2.80. The maximum absolute atomic E-state index is 12.4. The van der Waals surface area contributed by atoms with Crippen LogP contribution in [0.4, 0.5) is 0 Å². The number of alkyl halides is 1. The Kier molecular flexibility index (Phi) is 7.46. The van der Waals surface area contributed by atoms with E-state index < -0.39 is 63.8 Å². The Hall–Kier alpha value is -1.37. The van der Waals surface area contributed by atoms with Crippen LogP contribution >= 0.6 is 15.9 Å². The van der Waals surface area contributed by atoms with Crippen LogP contribution in [0, 0.1) is 0 Å². The molecule has 0 aliphatic heterocycles. The van der Waals surface area contributed by atoms with E-state index in [-0.39, 0.29) is 0 Å². The zero-order valence-electron chi connectivity index (χ0n) is 13.6. The lowest BCUT2D eigenvalue weighted by molar-refractivity contribution is -0.223. The van der Waals surface area contributed by atoms with E-state index in [4.69, 9.17) is 0 Å². The Labute approximate surface area is 150 Å². The Bertz CT molecular complexity index is 604. The summed E-state index contributed by atoms with van der Waals surface area (Å²) in [6.45, 7) is 1.59. The molecule has 11 heteroatoms. The minimum Gasteiger partial charge on any atom is -0.389 e. The second-order valence-corrected chi connectivity index (χ2v) is 6.15. The van der Waals surface area contributed by atoms with Crippen LogP contribution in [0.3, 0.4) is 0 Å². The van der Waals surface area contributed by atoms with Crippen molar-refractivity contribution in [3.63, 3.8) is 0 Å². The van der Waals surface area contributed by atoms with Gasteiger partial charge in [-0.05, 0) is 20.8 Å². The topological polar surface area (TPSA) is 186 Å². The van der Waals surface area contributed by atoms with E-state index in [0.717, 1.165) is 0 Å². The van der Waals surface area contributed by atoms with Crippen LogP contribution in [0.25, 0.3) is 0 Å². The molecule has 0 saturated carbocycles. The summed E-state index contributed by atoms with van der Waals surface area (Å²) in [5.41, 5.74) is -11.5. The Morgan fingerprint density at radius 2 is 1.40 bits per heavy atom. The number of carbonyl (C=O) groups excluding carboxylic acids is 5. The van der Waals surface area contributed by atoms with Gasteiger partial charge in [0.05, 0.1) is 6.10 Å². The van der Waals surface area contributed by atoms with Crippen molar-refractivity contribution >= 4 is 45.3 Å². The highest BCUT2D eigenvalue weighted by Gasteiger charge is 2.73. The first-order chi connectivity index (χ1) is 11.2. The van der Waals surface area contributed by atoms with Crippen LogP contribution in [-0.2, 0) is 24.0 Å². The number of rotatable bonds is 10. The first-order valence-corrected chi connectivity index (χ1v) is 7.95. The van der Waals surface area contributed by atoms with Crippen molar-refractivity contribution in [3.8, 4) is 0 Å². The average molecular weight is 427 g/mol. The number of Topliss-reactive ketones (excluding diaryl/α,β-unsaturated/α-hetero) is 4. The summed E-state index contributed by atoms with van der Waals surface area (Å²) in [5, 5.41) is 50.2. The highest BCUT2D eigenvalue weighted by molar-refractivity contribution is 9.09. The monoisotopic (exact) mass is 426 g/mol. The van der Waals surface area contributed by atoms with E-state index in [9.17, 15) is 49.5 Å². The molecule has 0 aromatic carbocycles. The van der Waals surface area contributed by atoms with Crippen molar-refractivity contribution in [1.29, 1.82) is 0 Å². The summed E-state index contributed by atoms with van der Waals surface area (Å²) in [4.78, 5) is 59.2. The van der Waals surface area contributed by atoms with E-state index in [1.54, 1.807) is 0 Å². The highest BCUT2D eigenvalue weighted by Crippen LogP contribution is 2.37. The first-order valence-electron chi connectivity index (χ1n) is 6.83. The molecule has 10 nitrogen and oxygen atoms in total. The van der Waals surface area contributed by atoms with Crippen LogP contribution in [0.2, 0.25) is 0 Å². The van der Waals surface area contributed by atoms with Crippen LogP contribution in [-0.4, -0.2) is 89.3 Å². The smallest absolute Gasteiger partial charge is 0.223 e. The minimum atomic E-state index is -3.94. The molecule has 5 N–H and O–H groups in total. The van der Waals surface area contributed by atoms with Gasteiger partial charge in [-0.1, -0.05) is 15.9 Å². The fraction of sp³-hybridized carbons (Fsp3) is 0.643. The summed E-state index contributed by atoms with van der Waals surface area (Å²) in [6.07, 6.45) is -4.98. The van der Waals surface area contributed by atoms with Gasteiger partial charge >= 0.3 is 0 Å². The molecule has 25 heavy (non-hydrogen) atoms. The molecule has 5 atom stereocenters. The molecule has 0 aromatic rings. The van der Waals surface area contributed by atoms with Crippen molar-refractivity contribution in [2.75, 3.05) is 5.33 Å². The molecule has 0 amide bonds. The summed E-state index contributed by atoms with van der Waals surface area (Å²) < 4.78 is 0. The number of hydrogen-bond donors (Lipinski definition) is 5. The Morgan fingerprint density at radius 1 is 0.960 bits per heavy atom. The average Bonchev–Trinajstić information content (AvgIpc) is 2.56. The molecule has 0 rings (SSSR count). The number of ketones is 4. The SMILES string of the molecule is CC(=O)[C@](O)(C(=O)C(O)C(O)CBr)[C@@](O)(C(C)=O)[C@@](O)(C=O)C(C)=O. The molecule has 0 heterocycles. The predicted octanol–water partition coefficient (Wildman–Crippen LogP) is -3.17. The van der Waals surface area contributed by atoms with Crippen LogP contribution in [0.5, 0.6) is 0 Å². The molecule has 0 aliphatic rings. The van der Waals surface area contributed by atoms with Gasteiger partial charge in [0.1, 0.15) is 6.10 Å². The van der Waals surface area contributed by atoms with E-state index in [2.05, 4.69) is 15.9 Å². The molecule has 0 bridgehead atoms. The summed E-state index contributed by atoms with van der Waals surface area (Å²) in [7, 11) is 0. The lowest BCUT2D eigenvalue weighted by Gasteiger charge is -2.45. The number of halogens is 1. The zero-order valence-corrected chi connectivity index (χ0v) is 15.2. The fourth-order valence-corrected chi connectivity index (χ4v) is 2.66. The maximum atomic E-state index is 12.4. The Morgan fingerprint density at radius 3 is 1.64 bits per heavy atom. The van der Waals surface area contributed by atoms with E-state index >= 15 is 0 Å². The van der Waals surface area contributed by atoms with Crippen LogP contribution in [0.15, 0.2) is 0 Å². The molecule has 0 fully saturated rings. The number of carbonyl (C=O) groups is 5. The summed E-state index contributed by atoms with van der Waals surface area (Å²) in [6, 6.07) is 0. The van der Waals surface area contributed by atoms with Crippen molar-refractivity contribution in [2.45, 2.75) is 49.8 Å². The molecular weight excluding hydrogens is 408 g/mol. The van der Waals surface area contributed by atoms with E-state index in [0.29, 0.717) is 20.8 Å². The van der Waals surface area contributed by atoms with Crippen molar-refractivity contribution in [2.24, 2.45) is 0 Å². The predicted molar refractivity (Wildman–Crippen MR) is 83.8 cm³/mol. The molecule has 0 aromatic heterocycles. The molecule has 142 valence electrons. The van der Waals surface area contributed by atoms with Gasteiger partial charge in [0.2, 0.25) is 22.6 Å². The third-order valence-electron chi connectivity index (χ3n) is 3.95. The van der Waals surface area contributed by atoms with Gasteiger partial charge in [-0.2, -0.15) is 0 Å². The van der Waals surface area contributed by atoms with E-state index in [1.807, 2.05) is 0 Å². The molecule has 0 radical (unpaired) electrons. The third-order valence-corrected chi connectivity index (χ3v) is 4.61. The summed E-state index contributed by atoms with van der Waals surface area (Å²) in [5.74, 6) is -6.86. The van der Waals surface area contributed by atoms with Crippen molar-refractivity contribution in [3.05, 3.63) is 0 Å². The second-order valence-electron chi connectivity index (χ2n) is 5.50. The van der Waals surface area contributed by atoms with Gasteiger partial charge in [-0.3, -0.25) is 24.0 Å². The van der Waals surface area contributed by atoms with Crippen LogP contribution in [0.1, 0.15) is 20.8 Å². The lowest BCUT2D eigenvalue weighted by atomic mass is 9.63. The number of aldehydes is 1. The van der Waals surface area contributed by atoms with Gasteiger partial charge < -0.3 is 25.5 Å². The maximum Gasteiger partial charge on any atom is 0.223 e. The molecular formula is C14H19BrO10. The van der Waals surface area contributed by atoms with Gasteiger partial charge in [-0.15, -0.1) is 0 Å². The molecule has 0 aliphatic carbocycles. The standard InChI is InChI=1S/C14H19BrO10/c1-6(17)12(23,5-16)14(25,8(3)19)13(24,7(2)18)11(22)10(21)9(20)4-15/h5,9-10,20-21,23-25H,4H2,1-3H3/t9?,10?,12-,13+,14-/m1/s1. The van der Waals surface area contributed by atoms with Gasteiger partial charge in [0, 0.05) is 5.33 Å². The van der Waals surface area contributed by atoms with Gasteiger partial charge in [0.25, 0.3) is 0 Å². The van der Waals surface area contributed by atoms with Crippen molar-refractivity contribution < 1.29 is 49.5 Å². The second kappa shape index (κ2) is 7.89. The number of hydrogen-bond acceptors (Lipinski definition) is 10. The summed E-state index contributed by atoms with van der Waals surface area (Å²) >= 11 is 2.73. The minimum absolute atomic E-state index is 0.406. The first kappa shape index (κ1) is 23.6. The van der Waals surface area contributed by atoms with Crippen molar-refractivity contribution in [1.82, 2.24) is 0 Å². The molecule has 2 unspecified atom stereocenters. The van der Waals surface area contributed by atoms with E-state index in [1.165, 1.54) is 0 Å².